The molecule has 1 aliphatic heterocycles. The van der Waals surface area contributed by atoms with Crippen molar-refractivity contribution >= 4 is 11.3 Å². The first kappa shape index (κ1) is 12.6. The van der Waals surface area contributed by atoms with E-state index in [9.17, 15) is 0 Å². The molecule has 1 aliphatic rings. The fourth-order valence-corrected chi connectivity index (χ4v) is 3.33. The topological polar surface area (TPSA) is 34.2 Å². The van der Waals surface area contributed by atoms with Crippen molar-refractivity contribution in [2.45, 2.75) is 18.9 Å². The van der Waals surface area contributed by atoms with Crippen LogP contribution in [-0.2, 0) is 12.8 Å². The summed E-state index contributed by atoms with van der Waals surface area (Å²) in [7, 11) is 2.03. The van der Waals surface area contributed by atoms with E-state index in [2.05, 4.69) is 28.5 Å². The Morgan fingerprint density at radius 3 is 3.16 bits per heavy atom. The number of hydrogen-bond acceptors (Lipinski definition) is 4. The van der Waals surface area contributed by atoms with Crippen LogP contribution in [0.25, 0.3) is 0 Å². The average Bonchev–Trinajstić information content (AvgIpc) is 2.97. The minimum atomic E-state index is 0.439. The minimum absolute atomic E-state index is 0.439. The molecule has 3 nitrogen and oxygen atoms in total. The molecule has 0 fully saturated rings. The first-order chi connectivity index (χ1) is 9.36. The number of para-hydroxylation sites is 1. The van der Waals surface area contributed by atoms with Crippen LogP contribution in [0.3, 0.4) is 0 Å². The summed E-state index contributed by atoms with van der Waals surface area (Å²) in [5.74, 6) is 1.56. The van der Waals surface area contributed by atoms with Crippen molar-refractivity contribution in [1.82, 2.24) is 10.3 Å². The van der Waals surface area contributed by atoms with E-state index < -0.39 is 0 Å². The predicted octanol–water partition coefficient (Wildman–Crippen LogP) is 2.52. The summed E-state index contributed by atoms with van der Waals surface area (Å²) in [4.78, 5) is 5.48. The van der Waals surface area contributed by atoms with E-state index in [1.807, 2.05) is 24.8 Å². The quantitative estimate of drug-likeness (QED) is 0.930. The number of benzene rings is 1. The van der Waals surface area contributed by atoms with Crippen LogP contribution in [0.1, 0.15) is 10.4 Å². The second kappa shape index (κ2) is 5.72. The first-order valence-electron chi connectivity index (χ1n) is 6.62. The molecule has 0 saturated heterocycles. The van der Waals surface area contributed by atoms with Crippen molar-refractivity contribution in [3.63, 3.8) is 0 Å². The Morgan fingerprint density at radius 2 is 2.37 bits per heavy atom. The molecule has 100 valence electrons. The summed E-state index contributed by atoms with van der Waals surface area (Å²) >= 11 is 1.72. The van der Waals surface area contributed by atoms with Gasteiger partial charge in [0.15, 0.2) is 0 Å². The zero-order valence-electron chi connectivity index (χ0n) is 11.0. The molecule has 3 rings (SSSR count). The van der Waals surface area contributed by atoms with Gasteiger partial charge >= 0.3 is 0 Å². The van der Waals surface area contributed by atoms with E-state index in [0.717, 1.165) is 25.2 Å². The molecule has 0 spiro atoms. The maximum Gasteiger partial charge on any atom is 0.122 e. The number of thiazole rings is 1. The van der Waals surface area contributed by atoms with Gasteiger partial charge in [-0.05, 0) is 31.5 Å². The maximum absolute atomic E-state index is 5.89. The predicted molar refractivity (Wildman–Crippen MR) is 77.8 cm³/mol. The van der Waals surface area contributed by atoms with Crippen molar-refractivity contribution in [2.24, 2.45) is 5.92 Å². The maximum atomic E-state index is 5.89. The molecule has 1 aromatic heterocycles. The zero-order valence-corrected chi connectivity index (χ0v) is 11.8. The van der Waals surface area contributed by atoms with Gasteiger partial charge in [-0.15, -0.1) is 11.3 Å². The lowest BCUT2D eigenvalue weighted by molar-refractivity contribution is 0.187. The van der Waals surface area contributed by atoms with E-state index in [4.69, 9.17) is 4.74 Å². The molecular formula is C15H18N2OS. The summed E-state index contributed by atoms with van der Waals surface area (Å²) in [6, 6.07) is 8.78. The van der Waals surface area contributed by atoms with Gasteiger partial charge in [0, 0.05) is 23.0 Å². The van der Waals surface area contributed by atoms with Gasteiger partial charge in [-0.1, -0.05) is 18.2 Å². The highest BCUT2D eigenvalue weighted by atomic mass is 32.1. The third kappa shape index (κ3) is 2.80. The minimum Gasteiger partial charge on any atom is -0.493 e. The fourth-order valence-electron chi connectivity index (χ4n) is 2.67. The Hall–Kier alpha value is -1.39. The van der Waals surface area contributed by atoms with E-state index in [0.29, 0.717) is 12.0 Å². The molecule has 2 unspecified atom stereocenters. The van der Waals surface area contributed by atoms with Gasteiger partial charge in [-0.3, -0.25) is 4.98 Å². The highest BCUT2D eigenvalue weighted by Gasteiger charge is 2.26. The fraction of sp³-hybridized carbons (Fsp3) is 0.400. The summed E-state index contributed by atoms with van der Waals surface area (Å²) in [6.45, 7) is 0.793. The molecule has 2 atom stereocenters. The van der Waals surface area contributed by atoms with Crippen LogP contribution in [0.15, 0.2) is 36.0 Å². The van der Waals surface area contributed by atoms with E-state index >= 15 is 0 Å². The molecule has 0 saturated carbocycles. The van der Waals surface area contributed by atoms with Gasteiger partial charge in [0.2, 0.25) is 0 Å². The van der Waals surface area contributed by atoms with Crippen molar-refractivity contribution in [1.29, 1.82) is 0 Å². The SMILES string of the molecule is CNC(Cc1cncs1)C1COc2ccccc2C1. The third-order valence-electron chi connectivity index (χ3n) is 3.75. The van der Waals surface area contributed by atoms with Crippen LogP contribution < -0.4 is 10.1 Å². The van der Waals surface area contributed by atoms with Crippen molar-refractivity contribution in [3.8, 4) is 5.75 Å². The largest absolute Gasteiger partial charge is 0.493 e. The van der Waals surface area contributed by atoms with Crippen LogP contribution in [0.5, 0.6) is 5.75 Å². The number of nitrogens with one attached hydrogen (secondary N) is 1. The number of hydrogen-bond donors (Lipinski definition) is 1. The summed E-state index contributed by atoms with van der Waals surface area (Å²) in [6.07, 6.45) is 4.07. The lowest BCUT2D eigenvalue weighted by atomic mass is 9.88. The molecule has 0 bridgehead atoms. The Bertz CT molecular complexity index is 527. The smallest absolute Gasteiger partial charge is 0.122 e. The number of likely N-dealkylation sites (N-methyl/N-ethyl adjacent to an activating group) is 1. The van der Waals surface area contributed by atoms with Gasteiger partial charge < -0.3 is 10.1 Å². The van der Waals surface area contributed by atoms with E-state index in [-0.39, 0.29) is 0 Å². The number of fused-ring (bicyclic) bond motifs is 1. The van der Waals surface area contributed by atoms with E-state index in [1.54, 1.807) is 11.3 Å². The zero-order chi connectivity index (χ0) is 13.1. The molecule has 2 heterocycles. The highest BCUT2D eigenvalue weighted by Crippen LogP contribution is 2.29. The summed E-state index contributed by atoms with van der Waals surface area (Å²) in [5, 5.41) is 3.44. The normalized spacial score (nSPS) is 19.5. The van der Waals surface area contributed by atoms with Crippen LogP contribution in [0.2, 0.25) is 0 Å². The van der Waals surface area contributed by atoms with Gasteiger partial charge in [0.05, 0.1) is 12.1 Å². The Balaban J connectivity index is 1.72. The molecule has 1 aromatic carbocycles. The van der Waals surface area contributed by atoms with Crippen LogP contribution in [-0.4, -0.2) is 24.7 Å². The molecule has 19 heavy (non-hydrogen) atoms. The third-order valence-corrected chi connectivity index (χ3v) is 4.55. The molecule has 0 amide bonds. The monoisotopic (exact) mass is 274 g/mol. The molecular weight excluding hydrogens is 256 g/mol. The van der Waals surface area contributed by atoms with Crippen LogP contribution in [0, 0.1) is 5.92 Å². The van der Waals surface area contributed by atoms with Crippen molar-refractivity contribution in [3.05, 3.63) is 46.4 Å². The number of rotatable bonds is 4. The average molecular weight is 274 g/mol. The first-order valence-corrected chi connectivity index (χ1v) is 7.50. The molecule has 1 N–H and O–H groups in total. The van der Waals surface area contributed by atoms with E-state index in [1.165, 1.54) is 10.4 Å². The Kier molecular flexibility index (Phi) is 3.80. The second-order valence-corrected chi connectivity index (χ2v) is 5.92. The molecule has 4 heteroatoms. The van der Waals surface area contributed by atoms with Crippen molar-refractivity contribution < 1.29 is 4.74 Å². The lowest BCUT2D eigenvalue weighted by Gasteiger charge is -2.31. The van der Waals surface area contributed by atoms with Crippen LogP contribution >= 0.6 is 11.3 Å². The lowest BCUT2D eigenvalue weighted by Crippen LogP contribution is -2.41. The van der Waals surface area contributed by atoms with Gasteiger partial charge in [-0.25, -0.2) is 0 Å². The summed E-state index contributed by atoms with van der Waals surface area (Å²) in [5.41, 5.74) is 3.22. The molecule has 0 aliphatic carbocycles. The Labute approximate surface area is 117 Å². The van der Waals surface area contributed by atoms with Crippen molar-refractivity contribution in [2.75, 3.05) is 13.7 Å². The number of nitrogens with zero attached hydrogens (tertiary/aromatic N) is 1. The number of ether oxygens (including phenoxy) is 1. The van der Waals surface area contributed by atoms with Crippen LogP contribution in [0.4, 0.5) is 0 Å². The Morgan fingerprint density at radius 1 is 1.47 bits per heavy atom. The molecule has 0 radical (unpaired) electrons. The van der Waals surface area contributed by atoms with Gasteiger partial charge in [0.25, 0.3) is 0 Å². The highest BCUT2D eigenvalue weighted by molar-refractivity contribution is 7.09. The van der Waals surface area contributed by atoms with Gasteiger partial charge in [0.1, 0.15) is 5.75 Å². The second-order valence-electron chi connectivity index (χ2n) is 4.95. The number of aromatic nitrogens is 1. The summed E-state index contributed by atoms with van der Waals surface area (Å²) < 4.78 is 5.89. The molecule has 2 aromatic rings. The van der Waals surface area contributed by atoms with Gasteiger partial charge in [-0.2, -0.15) is 0 Å². The standard InChI is InChI=1S/C15H18N2OS/c1-16-14(7-13-8-17-10-19-13)12-6-11-4-2-3-5-15(11)18-9-12/h2-5,8,10,12,14,16H,6-7,9H2,1H3.